The van der Waals surface area contributed by atoms with Gasteiger partial charge < -0.3 is 0 Å². The highest BCUT2D eigenvalue weighted by molar-refractivity contribution is 7.19. The molecule has 0 saturated carbocycles. The molecule has 0 unspecified atom stereocenters. The summed E-state index contributed by atoms with van der Waals surface area (Å²) in [6.45, 7) is 0.310. The molecule has 3 heterocycles. The van der Waals surface area contributed by atoms with E-state index in [2.05, 4.69) is 15.1 Å². The second-order valence-electron chi connectivity index (χ2n) is 5.34. The lowest BCUT2D eigenvalue weighted by Crippen LogP contribution is -2.05. The fraction of sp³-hybridized carbons (Fsp3) is 0.0556. The second-order valence-corrected chi connectivity index (χ2v) is 7.06. The van der Waals surface area contributed by atoms with Crippen LogP contribution in [0.25, 0.3) is 22.1 Å². The van der Waals surface area contributed by atoms with Crippen LogP contribution in [0.3, 0.4) is 0 Å². The van der Waals surface area contributed by atoms with Crippen molar-refractivity contribution >= 4 is 22.9 Å². The van der Waals surface area contributed by atoms with E-state index >= 15 is 0 Å². The molecular formula is C18H12ClFN4S. The van der Waals surface area contributed by atoms with Gasteiger partial charge in [-0.2, -0.15) is 5.10 Å². The van der Waals surface area contributed by atoms with E-state index in [9.17, 15) is 4.39 Å². The maximum Gasteiger partial charge on any atom is 0.180 e. The van der Waals surface area contributed by atoms with Gasteiger partial charge in [0.05, 0.1) is 21.5 Å². The molecule has 4 nitrogen and oxygen atoms in total. The first-order valence-electron chi connectivity index (χ1n) is 7.55. The van der Waals surface area contributed by atoms with Gasteiger partial charge in [0.1, 0.15) is 11.5 Å². The first-order chi connectivity index (χ1) is 12.2. The van der Waals surface area contributed by atoms with Crippen molar-refractivity contribution < 1.29 is 4.39 Å². The van der Waals surface area contributed by atoms with Crippen molar-refractivity contribution in [1.82, 2.24) is 19.7 Å². The van der Waals surface area contributed by atoms with E-state index in [-0.39, 0.29) is 5.82 Å². The number of benzene rings is 1. The molecule has 0 aliphatic carbocycles. The molecule has 124 valence electrons. The fourth-order valence-electron chi connectivity index (χ4n) is 2.52. The van der Waals surface area contributed by atoms with Gasteiger partial charge in [0.25, 0.3) is 0 Å². The minimum atomic E-state index is -0.259. The number of nitrogens with zero attached hydrogens (tertiary/aromatic N) is 4. The molecule has 25 heavy (non-hydrogen) atoms. The highest BCUT2D eigenvalue weighted by Crippen LogP contribution is 2.33. The summed E-state index contributed by atoms with van der Waals surface area (Å²) >= 11 is 7.52. The fourth-order valence-corrected chi connectivity index (χ4v) is 3.58. The van der Waals surface area contributed by atoms with Crippen molar-refractivity contribution in [3.8, 4) is 22.1 Å². The normalized spacial score (nSPS) is 11.0. The Labute approximate surface area is 152 Å². The lowest BCUT2D eigenvalue weighted by Gasteiger charge is -2.07. The zero-order chi connectivity index (χ0) is 17.2. The summed E-state index contributed by atoms with van der Waals surface area (Å²) in [5.74, 6) is 0.268. The summed E-state index contributed by atoms with van der Waals surface area (Å²) < 4.78 is 16.5. The molecule has 0 fully saturated rings. The molecule has 4 aromatic rings. The first-order valence-corrected chi connectivity index (χ1v) is 8.74. The van der Waals surface area contributed by atoms with Crippen LogP contribution in [0, 0.1) is 5.82 Å². The van der Waals surface area contributed by atoms with Crippen LogP contribution in [-0.2, 0) is 6.54 Å². The average Bonchev–Trinajstić information content (AvgIpc) is 3.24. The van der Waals surface area contributed by atoms with Gasteiger partial charge >= 0.3 is 0 Å². The molecule has 7 heteroatoms. The van der Waals surface area contributed by atoms with Gasteiger partial charge in [-0.1, -0.05) is 29.8 Å². The van der Waals surface area contributed by atoms with Crippen LogP contribution in [0.2, 0.25) is 4.34 Å². The third-order valence-corrected chi connectivity index (χ3v) is 4.93. The Balaban J connectivity index is 1.81. The Bertz CT molecular complexity index is 1010. The molecule has 1 aromatic carbocycles. The first kappa shape index (κ1) is 15.9. The monoisotopic (exact) mass is 370 g/mol. The average molecular weight is 371 g/mol. The molecule has 0 bridgehead atoms. The van der Waals surface area contributed by atoms with Gasteiger partial charge in [-0.25, -0.2) is 14.4 Å². The van der Waals surface area contributed by atoms with Crippen LogP contribution < -0.4 is 0 Å². The summed E-state index contributed by atoms with van der Waals surface area (Å²) in [4.78, 5) is 9.44. The van der Waals surface area contributed by atoms with E-state index in [1.54, 1.807) is 35.3 Å². The molecule has 0 aliphatic heterocycles. The summed E-state index contributed by atoms with van der Waals surface area (Å²) in [7, 11) is 0. The quantitative estimate of drug-likeness (QED) is 0.512. The highest BCUT2D eigenvalue weighted by Gasteiger charge is 2.16. The smallest absolute Gasteiger partial charge is 0.180 e. The number of thiophene rings is 1. The van der Waals surface area contributed by atoms with Gasteiger partial charge in [0, 0.05) is 18.0 Å². The van der Waals surface area contributed by atoms with Crippen LogP contribution in [-0.4, -0.2) is 19.7 Å². The number of aromatic nitrogens is 4. The minimum absolute atomic E-state index is 0.259. The summed E-state index contributed by atoms with van der Waals surface area (Å²) in [6.07, 6.45) is 3.33. The molecule has 0 aliphatic rings. The third kappa shape index (κ3) is 3.31. The number of hydrogen-bond donors (Lipinski definition) is 0. The molecule has 4 rings (SSSR count). The van der Waals surface area contributed by atoms with Crippen LogP contribution >= 0.6 is 22.9 Å². The summed E-state index contributed by atoms with van der Waals surface area (Å²) in [5, 5.41) is 4.59. The third-order valence-electron chi connectivity index (χ3n) is 3.68. The molecule has 0 N–H and O–H groups in total. The minimum Gasteiger partial charge on any atom is -0.259 e. The predicted molar refractivity (Wildman–Crippen MR) is 97.1 cm³/mol. The van der Waals surface area contributed by atoms with Crippen molar-refractivity contribution in [2.24, 2.45) is 0 Å². The maximum absolute atomic E-state index is 14.1. The van der Waals surface area contributed by atoms with E-state index in [0.29, 0.717) is 28.0 Å². The Morgan fingerprint density at radius 1 is 1.04 bits per heavy atom. The van der Waals surface area contributed by atoms with Crippen LogP contribution in [0.4, 0.5) is 4.39 Å². The van der Waals surface area contributed by atoms with Gasteiger partial charge in [-0.3, -0.25) is 4.68 Å². The van der Waals surface area contributed by atoms with Crippen molar-refractivity contribution in [3.05, 3.63) is 76.6 Å². The Kier molecular flexibility index (Phi) is 4.29. The van der Waals surface area contributed by atoms with E-state index in [1.165, 1.54) is 17.4 Å². The van der Waals surface area contributed by atoms with Crippen molar-refractivity contribution in [2.75, 3.05) is 0 Å². The highest BCUT2D eigenvalue weighted by atomic mass is 35.5. The van der Waals surface area contributed by atoms with Crippen LogP contribution in [0.15, 0.2) is 60.9 Å². The lowest BCUT2D eigenvalue weighted by atomic mass is 10.2. The summed E-state index contributed by atoms with van der Waals surface area (Å²) in [5.41, 5.74) is 2.05. The Hall–Kier alpha value is -2.57. The zero-order valence-corrected chi connectivity index (χ0v) is 14.5. The molecule has 0 spiro atoms. The molecule has 0 atom stereocenters. The Morgan fingerprint density at radius 2 is 1.84 bits per heavy atom. The number of hydrogen-bond acceptors (Lipinski definition) is 4. The molecule has 3 aromatic heterocycles. The lowest BCUT2D eigenvalue weighted by molar-refractivity contribution is 0.587. The van der Waals surface area contributed by atoms with E-state index in [0.717, 1.165) is 10.6 Å². The number of halogens is 2. The van der Waals surface area contributed by atoms with Gasteiger partial charge in [-0.15, -0.1) is 11.3 Å². The Morgan fingerprint density at radius 3 is 2.56 bits per heavy atom. The second kappa shape index (κ2) is 6.74. The van der Waals surface area contributed by atoms with E-state index in [4.69, 9.17) is 11.6 Å². The van der Waals surface area contributed by atoms with Crippen LogP contribution in [0.5, 0.6) is 0 Å². The van der Waals surface area contributed by atoms with Gasteiger partial charge in [0.2, 0.25) is 0 Å². The predicted octanol–water partition coefficient (Wildman–Crippen LogP) is 4.91. The standard InChI is InChI=1S/C18H12ClFN4S/c19-17-7-6-16(25-17)15-10-14(18-21-8-3-9-22-18)23-24(15)11-12-4-1-2-5-13(12)20/h1-10H,11H2. The van der Waals surface area contributed by atoms with Gasteiger partial charge in [0.15, 0.2) is 5.82 Å². The molecule has 0 radical (unpaired) electrons. The zero-order valence-electron chi connectivity index (χ0n) is 12.9. The largest absolute Gasteiger partial charge is 0.259 e. The maximum atomic E-state index is 14.1. The SMILES string of the molecule is Fc1ccccc1Cn1nc(-c2ncccn2)cc1-c1ccc(Cl)s1. The molecule has 0 saturated heterocycles. The molecular weight excluding hydrogens is 359 g/mol. The van der Waals surface area contributed by atoms with E-state index in [1.807, 2.05) is 24.3 Å². The van der Waals surface area contributed by atoms with Gasteiger partial charge in [-0.05, 0) is 30.3 Å². The van der Waals surface area contributed by atoms with Crippen LogP contribution in [0.1, 0.15) is 5.56 Å². The topological polar surface area (TPSA) is 43.6 Å². The van der Waals surface area contributed by atoms with Crippen molar-refractivity contribution in [1.29, 1.82) is 0 Å². The number of rotatable bonds is 4. The van der Waals surface area contributed by atoms with E-state index < -0.39 is 0 Å². The van der Waals surface area contributed by atoms with Crippen molar-refractivity contribution in [3.63, 3.8) is 0 Å². The molecule has 0 amide bonds. The van der Waals surface area contributed by atoms with Crippen molar-refractivity contribution in [2.45, 2.75) is 6.54 Å². The summed E-state index contributed by atoms with van der Waals surface area (Å²) in [6, 6.07) is 14.1.